The summed E-state index contributed by atoms with van der Waals surface area (Å²) in [6.07, 6.45) is 1.45. The third-order valence-electron chi connectivity index (χ3n) is 3.74. The van der Waals surface area contributed by atoms with Crippen LogP contribution >= 0.6 is 11.3 Å². The van der Waals surface area contributed by atoms with Gasteiger partial charge in [0.1, 0.15) is 4.21 Å². The fourth-order valence-corrected chi connectivity index (χ4v) is 5.20. The zero-order valence-corrected chi connectivity index (χ0v) is 14.5. The molecule has 2 heterocycles. The molecule has 2 atom stereocenters. The Bertz CT molecular complexity index is 613. The number of carbonyl (C=O) groups is 1. The summed E-state index contributed by atoms with van der Waals surface area (Å²) in [7, 11) is -3.46. The van der Waals surface area contributed by atoms with E-state index in [4.69, 9.17) is 0 Å². The lowest BCUT2D eigenvalue weighted by Crippen LogP contribution is -2.48. The number of hydrogen-bond donors (Lipinski definition) is 3. The van der Waals surface area contributed by atoms with Crippen molar-refractivity contribution in [3.8, 4) is 0 Å². The largest absolute Gasteiger partial charge is 0.356 e. The number of nitrogens with one attached hydrogen (secondary N) is 3. The molecular weight excluding hydrogens is 322 g/mol. The van der Waals surface area contributed by atoms with Crippen molar-refractivity contribution in [1.82, 2.24) is 15.4 Å². The summed E-state index contributed by atoms with van der Waals surface area (Å²) in [4.78, 5) is 11.8. The van der Waals surface area contributed by atoms with Crippen molar-refractivity contribution < 1.29 is 13.2 Å². The Morgan fingerprint density at radius 1 is 1.45 bits per heavy atom. The first-order valence-electron chi connectivity index (χ1n) is 7.44. The van der Waals surface area contributed by atoms with Crippen LogP contribution in [0.5, 0.6) is 0 Å². The highest BCUT2D eigenvalue weighted by atomic mass is 32.2. The summed E-state index contributed by atoms with van der Waals surface area (Å²) in [5, 5.41) is 5.97. The Morgan fingerprint density at radius 2 is 2.23 bits per heavy atom. The molecule has 1 aliphatic heterocycles. The van der Waals surface area contributed by atoms with Crippen molar-refractivity contribution in [2.75, 3.05) is 19.6 Å². The molecule has 0 aromatic carbocycles. The van der Waals surface area contributed by atoms with Crippen LogP contribution in [0.15, 0.2) is 16.3 Å². The molecule has 0 bridgehead atoms. The van der Waals surface area contributed by atoms with Crippen LogP contribution in [0, 0.1) is 5.92 Å². The summed E-state index contributed by atoms with van der Waals surface area (Å²) in [5.74, 6) is 0.202. The van der Waals surface area contributed by atoms with Crippen LogP contribution in [0.4, 0.5) is 0 Å². The molecule has 2 unspecified atom stereocenters. The Balaban J connectivity index is 1.97. The second-order valence-corrected chi connectivity index (χ2v) is 8.76. The topological polar surface area (TPSA) is 87.3 Å². The summed E-state index contributed by atoms with van der Waals surface area (Å²) >= 11 is 1.26. The molecule has 3 N–H and O–H groups in total. The fraction of sp³-hybridized carbons (Fsp3) is 0.643. The molecule has 8 heteroatoms. The van der Waals surface area contributed by atoms with Gasteiger partial charge in [-0.2, -0.15) is 0 Å². The van der Waals surface area contributed by atoms with Gasteiger partial charge in [-0.1, -0.05) is 6.92 Å². The molecule has 1 fully saturated rings. The monoisotopic (exact) mass is 345 g/mol. The molecule has 0 aliphatic carbocycles. The van der Waals surface area contributed by atoms with Gasteiger partial charge in [-0.15, -0.1) is 11.3 Å². The van der Waals surface area contributed by atoms with E-state index in [0.717, 1.165) is 24.4 Å². The number of sulfonamides is 1. The Morgan fingerprint density at radius 3 is 2.91 bits per heavy atom. The van der Waals surface area contributed by atoms with Crippen LogP contribution in [0.2, 0.25) is 0 Å². The molecule has 1 aromatic rings. The third kappa shape index (κ3) is 4.77. The fourth-order valence-electron chi connectivity index (χ4n) is 2.45. The van der Waals surface area contributed by atoms with Gasteiger partial charge in [0.2, 0.25) is 15.9 Å². The van der Waals surface area contributed by atoms with Gasteiger partial charge in [-0.05, 0) is 44.0 Å². The van der Waals surface area contributed by atoms with E-state index in [0.29, 0.717) is 17.2 Å². The molecule has 1 saturated heterocycles. The molecule has 0 spiro atoms. The molecule has 1 aliphatic rings. The lowest BCUT2D eigenvalue weighted by atomic mass is 9.97. The van der Waals surface area contributed by atoms with E-state index in [1.54, 1.807) is 6.07 Å². The van der Waals surface area contributed by atoms with Crippen LogP contribution in [-0.2, 0) is 21.2 Å². The highest BCUT2D eigenvalue weighted by Gasteiger charge is 2.27. The Hall–Kier alpha value is -0.960. The first-order chi connectivity index (χ1) is 10.4. The molecule has 0 saturated carbocycles. The summed E-state index contributed by atoms with van der Waals surface area (Å²) in [5.41, 5.74) is 0. The average molecular weight is 345 g/mol. The minimum atomic E-state index is -3.46. The highest BCUT2D eigenvalue weighted by Crippen LogP contribution is 2.23. The van der Waals surface area contributed by atoms with Crippen LogP contribution < -0.4 is 15.4 Å². The quantitative estimate of drug-likeness (QED) is 0.708. The van der Waals surface area contributed by atoms with Crippen LogP contribution in [0.3, 0.4) is 0 Å². The van der Waals surface area contributed by atoms with E-state index in [1.807, 2.05) is 13.0 Å². The first-order valence-corrected chi connectivity index (χ1v) is 9.74. The maximum absolute atomic E-state index is 12.5. The van der Waals surface area contributed by atoms with Gasteiger partial charge < -0.3 is 10.6 Å². The van der Waals surface area contributed by atoms with E-state index in [2.05, 4.69) is 15.4 Å². The number of rotatable bonds is 6. The lowest BCUT2D eigenvalue weighted by molar-refractivity contribution is -0.118. The summed E-state index contributed by atoms with van der Waals surface area (Å²) < 4.78 is 28.1. The first kappa shape index (κ1) is 17.4. The number of thiophene rings is 1. The molecule has 1 aromatic heterocycles. The van der Waals surface area contributed by atoms with E-state index in [1.165, 1.54) is 18.3 Å². The standard InChI is InChI=1S/C14H23N3O3S2/c1-10-9-15-7-6-13(10)17-22(19,20)14-4-3-12(21-14)5-8-16-11(2)18/h3-4,10,13,15,17H,5-9H2,1-2H3,(H,16,18). The summed E-state index contributed by atoms with van der Waals surface area (Å²) in [6, 6.07) is 3.44. The second-order valence-electron chi connectivity index (χ2n) is 5.65. The van der Waals surface area contributed by atoms with Crippen molar-refractivity contribution in [2.45, 2.75) is 36.9 Å². The average Bonchev–Trinajstić information content (AvgIpc) is 2.90. The number of carbonyl (C=O) groups excluding carboxylic acids is 1. The van der Waals surface area contributed by atoms with E-state index in [9.17, 15) is 13.2 Å². The molecule has 0 radical (unpaired) electrons. The van der Waals surface area contributed by atoms with Gasteiger partial charge in [0, 0.05) is 24.4 Å². The minimum Gasteiger partial charge on any atom is -0.356 e. The minimum absolute atomic E-state index is 0.0174. The molecule has 2 rings (SSSR count). The van der Waals surface area contributed by atoms with Crippen LogP contribution in [0.25, 0.3) is 0 Å². The maximum Gasteiger partial charge on any atom is 0.250 e. The van der Waals surface area contributed by atoms with Gasteiger partial charge in [-0.25, -0.2) is 13.1 Å². The number of amides is 1. The van der Waals surface area contributed by atoms with Gasteiger partial charge in [0.25, 0.3) is 0 Å². The molecule has 6 nitrogen and oxygen atoms in total. The van der Waals surface area contributed by atoms with E-state index in [-0.39, 0.29) is 17.9 Å². The van der Waals surface area contributed by atoms with E-state index < -0.39 is 10.0 Å². The zero-order valence-electron chi connectivity index (χ0n) is 12.9. The third-order valence-corrected chi connectivity index (χ3v) is 6.87. The van der Waals surface area contributed by atoms with Crippen molar-refractivity contribution in [3.63, 3.8) is 0 Å². The van der Waals surface area contributed by atoms with Crippen molar-refractivity contribution in [3.05, 3.63) is 17.0 Å². The molecular formula is C14H23N3O3S2. The summed E-state index contributed by atoms with van der Waals surface area (Å²) in [6.45, 7) is 5.71. The van der Waals surface area contributed by atoms with Gasteiger partial charge in [0.05, 0.1) is 0 Å². The smallest absolute Gasteiger partial charge is 0.250 e. The highest BCUT2D eigenvalue weighted by molar-refractivity contribution is 7.91. The predicted octanol–water partition coefficient (Wildman–Crippen LogP) is 0.703. The molecule has 1 amide bonds. The van der Waals surface area contributed by atoms with Crippen molar-refractivity contribution >= 4 is 27.3 Å². The Labute approximate surface area is 135 Å². The second kappa shape index (κ2) is 7.54. The van der Waals surface area contributed by atoms with Crippen molar-refractivity contribution in [2.24, 2.45) is 5.92 Å². The predicted molar refractivity (Wildman–Crippen MR) is 87.5 cm³/mol. The van der Waals surface area contributed by atoms with Gasteiger partial charge in [0.15, 0.2) is 0 Å². The van der Waals surface area contributed by atoms with Gasteiger partial charge in [-0.3, -0.25) is 4.79 Å². The SMILES string of the molecule is CC(=O)NCCc1ccc(S(=O)(=O)NC2CCNCC2C)s1. The van der Waals surface area contributed by atoms with Gasteiger partial charge >= 0.3 is 0 Å². The zero-order chi connectivity index (χ0) is 16.2. The number of piperidine rings is 1. The van der Waals surface area contributed by atoms with Crippen LogP contribution in [0.1, 0.15) is 25.1 Å². The molecule has 124 valence electrons. The van der Waals surface area contributed by atoms with Crippen molar-refractivity contribution in [1.29, 1.82) is 0 Å². The molecule has 22 heavy (non-hydrogen) atoms. The maximum atomic E-state index is 12.5. The van der Waals surface area contributed by atoms with E-state index >= 15 is 0 Å². The normalized spacial score (nSPS) is 22.5. The number of hydrogen-bond acceptors (Lipinski definition) is 5. The van der Waals surface area contributed by atoms with Crippen LogP contribution in [-0.4, -0.2) is 40.0 Å². The lowest BCUT2D eigenvalue weighted by Gasteiger charge is -2.29. The Kier molecular flexibility index (Phi) is 5.96.